The number of furan rings is 1. The van der Waals surface area contributed by atoms with E-state index >= 15 is 0 Å². The highest BCUT2D eigenvalue weighted by Gasteiger charge is 2.28. The lowest BCUT2D eigenvalue weighted by molar-refractivity contribution is -0.123. The fourth-order valence-electron chi connectivity index (χ4n) is 2.21. The van der Waals surface area contributed by atoms with Gasteiger partial charge < -0.3 is 9.73 Å². The lowest BCUT2D eigenvalue weighted by Crippen LogP contribution is -2.49. The Kier molecular flexibility index (Phi) is 6.64. The van der Waals surface area contributed by atoms with E-state index in [9.17, 15) is 13.2 Å². The van der Waals surface area contributed by atoms with E-state index in [0.29, 0.717) is 18.0 Å². The van der Waals surface area contributed by atoms with Crippen LogP contribution in [0.1, 0.15) is 19.6 Å². The monoisotopic (exact) mass is 384 g/mol. The van der Waals surface area contributed by atoms with Gasteiger partial charge in [0.1, 0.15) is 11.8 Å². The first-order valence-corrected chi connectivity index (χ1v) is 9.73. The van der Waals surface area contributed by atoms with Crippen molar-refractivity contribution in [1.29, 1.82) is 0 Å². The molecule has 1 amide bonds. The second kappa shape index (κ2) is 8.51. The van der Waals surface area contributed by atoms with E-state index in [0.717, 1.165) is 5.76 Å². The maximum absolute atomic E-state index is 12.5. The van der Waals surface area contributed by atoms with Gasteiger partial charge in [0, 0.05) is 18.0 Å². The summed E-state index contributed by atoms with van der Waals surface area (Å²) < 4.78 is 32.6. The van der Waals surface area contributed by atoms with Crippen molar-refractivity contribution >= 4 is 27.5 Å². The minimum absolute atomic E-state index is 0.0611. The molecule has 0 saturated heterocycles. The molecule has 0 aliphatic heterocycles. The van der Waals surface area contributed by atoms with Crippen molar-refractivity contribution < 1.29 is 17.6 Å². The summed E-state index contributed by atoms with van der Waals surface area (Å²) in [6, 6.07) is 8.49. The van der Waals surface area contributed by atoms with Gasteiger partial charge in [-0.1, -0.05) is 25.4 Å². The minimum Gasteiger partial charge on any atom is -0.469 e. The summed E-state index contributed by atoms with van der Waals surface area (Å²) >= 11 is 5.78. The average Bonchev–Trinajstić information content (AvgIpc) is 3.06. The molecule has 0 bridgehead atoms. The Balaban J connectivity index is 2.01. The van der Waals surface area contributed by atoms with Gasteiger partial charge in [-0.05, 0) is 42.3 Å². The topological polar surface area (TPSA) is 88.4 Å². The normalized spacial score (nSPS) is 13.0. The standard InChI is InChI=1S/C17H21ClN2O4S/c1-12(2)16(17(21)19-10-9-14-4-3-11-24-14)20-25(22,23)15-7-5-13(18)6-8-15/h3-8,11-12,16,20H,9-10H2,1-2H3,(H,19,21)/t16-/m0/s1. The number of nitrogens with one attached hydrogen (secondary N) is 2. The molecule has 0 fully saturated rings. The highest BCUT2D eigenvalue weighted by molar-refractivity contribution is 7.89. The van der Waals surface area contributed by atoms with Crippen LogP contribution in [-0.4, -0.2) is 26.9 Å². The first kappa shape index (κ1) is 19.5. The van der Waals surface area contributed by atoms with Crippen LogP contribution < -0.4 is 10.0 Å². The Morgan fingerprint density at radius 1 is 1.20 bits per heavy atom. The van der Waals surface area contributed by atoms with E-state index in [4.69, 9.17) is 16.0 Å². The maximum Gasteiger partial charge on any atom is 0.241 e. The first-order chi connectivity index (χ1) is 11.8. The smallest absolute Gasteiger partial charge is 0.241 e. The van der Waals surface area contributed by atoms with Crippen LogP contribution >= 0.6 is 11.6 Å². The van der Waals surface area contributed by atoms with Crippen LogP contribution in [-0.2, 0) is 21.2 Å². The molecule has 0 aliphatic rings. The third kappa shape index (κ3) is 5.59. The van der Waals surface area contributed by atoms with Gasteiger partial charge in [-0.25, -0.2) is 8.42 Å². The Hall–Kier alpha value is -1.83. The molecule has 0 unspecified atom stereocenters. The van der Waals surface area contributed by atoms with Crippen LogP contribution in [0, 0.1) is 5.92 Å². The van der Waals surface area contributed by atoms with Gasteiger partial charge in [-0.15, -0.1) is 0 Å². The van der Waals surface area contributed by atoms with Crippen molar-refractivity contribution in [3.05, 3.63) is 53.4 Å². The van der Waals surface area contributed by atoms with Gasteiger partial charge in [0.05, 0.1) is 11.2 Å². The Labute approximate surface area is 152 Å². The number of amides is 1. The lowest BCUT2D eigenvalue weighted by atomic mass is 10.1. The largest absolute Gasteiger partial charge is 0.469 e. The number of halogens is 1. The Bertz CT molecular complexity index is 787. The van der Waals surface area contributed by atoms with Crippen LogP contribution in [0.4, 0.5) is 0 Å². The van der Waals surface area contributed by atoms with E-state index in [1.54, 1.807) is 26.2 Å². The van der Waals surface area contributed by atoms with Gasteiger partial charge in [0.25, 0.3) is 0 Å². The molecule has 8 heteroatoms. The predicted molar refractivity (Wildman–Crippen MR) is 95.8 cm³/mol. The molecule has 0 spiro atoms. The number of sulfonamides is 1. The molecule has 1 aromatic heterocycles. The van der Waals surface area contributed by atoms with Crippen LogP contribution in [0.15, 0.2) is 52.0 Å². The SMILES string of the molecule is CC(C)[C@H](NS(=O)(=O)c1ccc(Cl)cc1)C(=O)NCCc1ccco1. The summed E-state index contributed by atoms with van der Waals surface area (Å²) in [7, 11) is -3.82. The average molecular weight is 385 g/mol. The molecule has 0 aliphatic carbocycles. The number of benzene rings is 1. The number of hydrogen-bond acceptors (Lipinski definition) is 4. The van der Waals surface area contributed by atoms with E-state index in [1.807, 2.05) is 6.07 Å². The van der Waals surface area contributed by atoms with E-state index < -0.39 is 16.1 Å². The highest BCUT2D eigenvalue weighted by Crippen LogP contribution is 2.15. The zero-order valence-corrected chi connectivity index (χ0v) is 15.6. The van der Waals surface area contributed by atoms with Crippen molar-refractivity contribution in [2.45, 2.75) is 31.2 Å². The van der Waals surface area contributed by atoms with Crippen molar-refractivity contribution in [3.8, 4) is 0 Å². The zero-order chi connectivity index (χ0) is 18.4. The van der Waals surface area contributed by atoms with Gasteiger partial charge >= 0.3 is 0 Å². The molecular weight excluding hydrogens is 364 g/mol. The molecule has 6 nitrogen and oxygen atoms in total. The third-order valence-electron chi connectivity index (χ3n) is 3.61. The highest BCUT2D eigenvalue weighted by atomic mass is 35.5. The Morgan fingerprint density at radius 2 is 1.88 bits per heavy atom. The van der Waals surface area contributed by atoms with Gasteiger partial charge in [0.2, 0.25) is 15.9 Å². The second-order valence-electron chi connectivity index (χ2n) is 5.92. The molecule has 0 radical (unpaired) electrons. The molecular formula is C17H21ClN2O4S. The molecule has 2 aromatic rings. The fraction of sp³-hybridized carbons (Fsp3) is 0.353. The summed E-state index contributed by atoms with van der Waals surface area (Å²) in [5.74, 6) is 0.160. The molecule has 2 rings (SSSR count). The van der Waals surface area contributed by atoms with Gasteiger partial charge in [0.15, 0.2) is 0 Å². The fourth-order valence-corrected chi connectivity index (χ4v) is 3.68. The second-order valence-corrected chi connectivity index (χ2v) is 8.07. The van der Waals surface area contributed by atoms with Gasteiger partial charge in [-0.3, -0.25) is 4.79 Å². The number of carbonyl (C=O) groups excluding carboxylic acids is 1. The Morgan fingerprint density at radius 3 is 2.44 bits per heavy atom. The summed E-state index contributed by atoms with van der Waals surface area (Å²) in [6.07, 6.45) is 2.10. The number of carbonyl (C=O) groups is 1. The molecule has 0 saturated carbocycles. The molecule has 1 aromatic carbocycles. The van der Waals surface area contributed by atoms with Crippen LogP contribution in [0.3, 0.4) is 0 Å². The van der Waals surface area contributed by atoms with Crippen molar-refractivity contribution in [3.63, 3.8) is 0 Å². The summed E-state index contributed by atoms with van der Waals surface area (Å²) in [5, 5.41) is 3.18. The minimum atomic E-state index is -3.82. The molecule has 1 atom stereocenters. The quantitative estimate of drug-likeness (QED) is 0.732. The van der Waals surface area contributed by atoms with Crippen LogP contribution in [0.2, 0.25) is 5.02 Å². The van der Waals surface area contributed by atoms with Crippen molar-refractivity contribution in [2.24, 2.45) is 5.92 Å². The van der Waals surface area contributed by atoms with Gasteiger partial charge in [-0.2, -0.15) is 4.72 Å². The molecule has 1 heterocycles. The van der Waals surface area contributed by atoms with E-state index in [2.05, 4.69) is 10.0 Å². The van der Waals surface area contributed by atoms with Crippen molar-refractivity contribution in [2.75, 3.05) is 6.54 Å². The summed E-state index contributed by atoms with van der Waals surface area (Å²) in [4.78, 5) is 12.4. The first-order valence-electron chi connectivity index (χ1n) is 7.87. The summed E-state index contributed by atoms with van der Waals surface area (Å²) in [6.45, 7) is 3.92. The van der Waals surface area contributed by atoms with Crippen molar-refractivity contribution in [1.82, 2.24) is 10.0 Å². The lowest BCUT2D eigenvalue weighted by Gasteiger charge is -2.21. The summed E-state index contributed by atoms with van der Waals surface area (Å²) in [5.41, 5.74) is 0. The van der Waals surface area contributed by atoms with Crippen LogP contribution in [0.5, 0.6) is 0 Å². The number of rotatable bonds is 8. The predicted octanol–water partition coefficient (Wildman–Crippen LogP) is 2.59. The van der Waals surface area contributed by atoms with E-state index in [-0.39, 0.29) is 16.7 Å². The third-order valence-corrected chi connectivity index (χ3v) is 5.31. The molecule has 2 N–H and O–H groups in total. The van der Waals surface area contributed by atoms with Crippen LogP contribution in [0.25, 0.3) is 0 Å². The maximum atomic E-state index is 12.5. The molecule has 136 valence electrons. The zero-order valence-electron chi connectivity index (χ0n) is 14.0. The van der Waals surface area contributed by atoms with E-state index in [1.165, 1.54) is 24.3 Å². The molecule has 25 heavy (non-hydrogen) atoms. The number of hydrogen-bond donors (Lipinski definition) is 2.